The Morgan fingerprint density at radius 3 is 3.04 bits per heavy atom. The van der Waals surface area contributed by atoms with Crippen molar-refractivity contribution >= 4 is 11.3 Å². The van der Waals surface area contributed by atoms with Crippen LogP contribution in [0.4, 0.5) is 0 Å². The average Bonchev–Trinajstić information content (AvgIpc) is 3.48. The number of aromatic nitrogens is 2. The second-order valence-electron chi connectivity index (χ2n) is 7.78. The lowest BCUT2D eigenvalue weighted by atomic mass is 10.0. The fourth-order valence-electron chi connectivity index (χ4n) is 4.50. The van der Waals surface area contributed by atoms with Gasteiger partial charge in [0.1, 0.15) is 18.0 Å². The van der Waals surface area contributed by atoms with Crippen molar-refractivity contribution in [2.75, 3.05) is 19.9 Å². The van der Waals surface area contributed by atoms with E-state index in [0.717, 1.165) is 49.9 Å². The van der Waals surface area contributed by atoms with Crippen molar-refractivity contribution in [2.45, 2.75) is 31.7 Å². The Bertz CT molecular complexity index is 1020. The molecule has 1 atom stereocenters. The predicted molar refractivity (Wildman–Crippen MR) is 106 cm³/mol. The summed E-state index contributed by atoms with van der Waals surface area (Å²) in [6.07, 6.45) is 3.03. The molecule has 0 bridgehead atoms. The standard InChI is InChI=1S/C21H21N3O3S/c1-2-18-19(26-14-25-18)7-15(1)9-23-5-4-21(12-23)13-24-17(16-3-6-28-11-16)8-22-20(24)10-27-21/h1-3,6-8,11H,4-5,9-10,12-14H2/t21-/m1/s1. The molecule has 3 aliphatic rings. The average molecular weight is 395 g/mol. The van der Waals surface area contributed by atoms with E-state index >= 15 is 0 Å². The first-order chi connectivity index (χ1) is 13.8. The predicted octanol–water partition coefficient (Wildman–Crippen LogP) is 3.52. The molecule has 0 amide bonds. The van der Waals surface area contributed by atoms with Crippen LogP contribution in [0.3, 0.4) is 0 Å². The van der Waals surface area contributed by atoms with Crippen molar-refractivity contribution < 1.29 is 14.2 Å². The van der Waals surface area contributed by atoms with Crippen LogP contribution < -0.4 is 9.47 Å². The van der Waals surface area contributed by atoms with Crippen LogP contribution in [-0.2, 0) is 24.4 Å². The highest BCUT2D eigenvalue weighted by molar-refractivity contribution is 7.08. The zero-order valence-electron chi connectivity index (χ0n) is 15.5. The molecule has 1 spiro atoms. The molecular weight excluding hydrogens is 374 g/mol. The Morgan fingerprint density at radius 2 is 2.11 bits per heavy atom. The summed E-state index contributed by atoms with van der Waals surface area (Å²) in [5, 5.41) is 4.31. The summed E-state index contributed by atoms with van der Waals surface area (Å²) in [6.45, 7) is 4.64. The van der Waals surface area contributed by atoms with E-state index in [1.54, 1.807) is 11.3 Å². The lowest BCUT2D eigenvalue weighted by Crippen LogP contribution is -2.44. The normalized spacial score (nSPS) is 23.4. The van der Waals surface area contributed by atoms with Crippen LogP contribution in [0.25, 0.3) is 11.3 Å². The van der Waals surface area contributed by atoms with Gasteiger partial charge in [-0.1, -0.05) is 6.07 Å². The van der Waals surface area contributed by atoms with Crippen molar-refractivity contribution in [1.29, 1.82) is 0 Å². The third-order valence-corrected chi connectivity index (χ3v) is 6.63. The number of likely N-dealkylation sites (tertiary alicyclic amines) is 1. The second-order valence-corrected chi connectivity index (χ2v) is 8.56. The van der Waals surface area contributed by atoms with E-state index in [4.69, 9.17) is 14.2 Å². The molecule has 0 N–H and O–H groups in total. The van der Waals surface area contributed by atoms with E-state index < -0.39 is 0 Å². The largest absolute Gasteiger partial charge is 0.454 e. The fraction of sp³-hybridized carbons (Fsp3) is 0.381. The monoisotopic (exact) mass is 395 g/mol. The molecule has 1 aromatic carbocycles. The van der Waals surface area contributed by atoms with Crippen LogP contribution >= 0.6 is 11.3 Å². The van der Waals surface area contributed by atoms with Gasteiger partial charge in [-0.2, -0.15) is 11.3 Å². The summed E-state index contributed by atoms with van der Waals surface area (Å²) < 4.78 is 19.6. The zero-order valence-corrected chi connectivity index (χ0v) is 16.3. The molecule has 0 radical (unpaired) electrons. The van der Waals surface area contributed by atoms with Gasteiger partial charge in [0.15, 0.2) is 11.5 Å². The molecule has 6 nitrogen and oxygen atoms in total. The minimum absolute atomic E-state index is 0.130. The SMILES string of the molecule is c1cc(-c2cnc3n2C[C@]2(CCN(Cc4ccc5c(c4)OCO5)C2)OC3)cs1. The van der Waals surface area contributed by atoms with Crippen LogP contribution in [0.5, 0.6) is 11.5 Å². The van der Waals surface area contributed by atoms with Gasteiger partial charge in [0.25, 0.3) is 0 Å². The second kappa shape index (κ2) is 6.34. The lowest BCUT2D eigenvalue weighted by Gasteiger charge is -2.35. The van der Waals surface area contributed by atoms with E-state index in [0.29, 0.717) is 13.4 Å². The Balaban J connectivity index is 1.20. The van der Waals surface area contributed by atoms with E-state index in [1.165, 1.54) is 16.8 Å². The quantitative estimate of drug-likeness (QED) is 0.679. The van der Waals surface area contributed by atoms with Crippen molar-refractivity contribution in [2.24, 2.45) is 0 Å². The first-order valence-corrected chi connectivity index (χ1v) is 10.5. The van der Waals surface area contributed by atoms with E-state index in [9.17, 15) is 0 Å². The fourth-order valence-corrected chi connectivity index (χ4v) is 5.15. The van der Waals surface area contributed by atoms with Crippen LogP contribution in [0.1, 0.15) is 17.8 Å². The van der Waals surface area contributed by atoms with Crippen LogP contribution in [0, 0.1) is 0 Å². The number of thiophene rings is 1. The minimum atomic E-state index is -0.130. The molecular formula is C21H21N3O3S. The van der Waals surface area contributed by atoms with Gasteiger partial charge in [0.2, 0.25) is 6.79 Å². The van der Waals surface area contributed by atoms with Gasteiger partial charge in [0, 0.05) is 30.6 Å². The molecule has 5 heterocycles. The van der Waals surface area contributed by atoms with Gasteiger partial charge in [0.05, 0.1) is 18.4 Å². The Hall–Kier alpha value is -2.35. The maximum atomic E-state index is 6.36. The zero-order chi connectivity index (χ0) is 18.6. The minimum Gasteiger partial charge on any atom is -0.454 e. The topological polar surface area (TPSA) is 48.8 Å². The number of rotatable bonds is 3. The Labute approximate surface area is 167 Å². The maximum absolute atomic E-state index is 6.36. The number of fused-ring (bicyclic) bond motifs is 2. The molecule has 3 aliphatic heterocycles. The van der Waals surface area contributed by atoms with E-state index in [1.807, 2.05) is 12.3 Å². The number of benzene rings is 1. The number of imidazole rings is 1. The van der Waals surface area contributed by atoms with Gasteiger partial charge in [-0.15, -0.1) is 0 Å². The molecule has 28 heavy (non-hydrogen) atoms. The molecule has 0 unspecified atom stereocenters. The molecule has 0 saturated carbocycles. The summed E-state index contributed by atoms with van der Waals surface area (Å²) in [4.78, 5) is 7.07. The lowest BCUT2D eigenvalue weighted by molar-refractivity contribution is -0.0821. The smallest absolute Gasteiger partial charge is 0.231 e. The molecule has 1 fully saturated rings. The molecule has 2 aromatic heterocycles. The Morgan fingerprint density at radius 1 is 1.14 bits per heavy atom. The van der Waals surface area contributed by atoms with Gasteiger partial charge in [-0.25, -0.2) is 4.98 Å². The highest BCUT2D eigenvalue weighted by Gasteiger charge is 2.43. The summed E-state index contributed by atoms with van der Waals surface area (Å²) in [5.74, 6) is 2.72. The molecule has 3 aromatic rings. The number of nitrogens with zero attached hydrogens (tertiary/aromatic N) is 3. The third-order valence-electron chi connectivity index (χ3n) is 5.95. The third kappa shape index (κ3) is 2.73. The molecule has 1 saturated heterocycles. The van der Waals surface area contributed by atoms with E-state index in [2.05, 4.69) is 43.4 Å². The van der Waals surface area contributed by atoms with Gasteiger partial charge in [-0.05, 0) is 35.6 Å². The van der Waals surface area contributed by atoms with Crippen molar-refractivity contribution in [3.05, 3.63) is 52.6 Å². The summed E-state index contributed by atoms with van der Waals surface area (Å²) >= 11 is 1.72. The van der Waals surface area contributed by atoms with Gasteiger partial charge in [-0.3, -0.25) is 4.90 Å². The van der Waals surface area contributed by atoms with Crippen LogP contribution in [-0.4, -0.2) is 39.9 Å². The van der Waals surface area contributed by atoms with Crippen molar-refractivity contribution in [3.63, 3.8) is 0 Å². The highest BCUT2D eigenvalue weighted by Crippen LogP contribution is 2.37. The van der Waals surface area contributed by atoms with E-state index in [-0.39, 0.29) is 5.60 Å². The van der Waals surface area contributed by atoms with Gasteiger partial charge >= 0.3 is 0 Å². The maximum Gasteiger partial charge on any atom is 0.231 e. The molecule has 0 aliphatic carbocycles. The molecule has 144 valence electrons. The number of hydrogen-bond donors (Lipinski definition) is 0. The van der Waals surface area contributed by atoms with Crippen molar-refractivity contribution in [3.8, 4) is 22.8 Å². The summed E-state index contributed by atoms with van der Waals surface area (Å²) in [5.41, 5.74) is 3.57. The van der Waals surface area contributed by atoms with Crippen LogP contribution in [0.2, 0.25) is 0 Å². The molecule has 7 heteroatoms. The Kier molecular flexibility index (Phi) is 3.75. The number of ether oxygens (including phenoxy) is 3. The molecule has 6 rings (SSSR count). The van der Waals surface area contributed by atoms with Crippen molar-refractivity contribution in [1.82, 2.24) is 14.5 Å². The summed E-state index contributed by atoms with van der Waals surface area (Å²) in [7, 11) is 0. The van der Waals surface area contributed by atoms with Crippen LogP contribution in [0.15, 0.2) is 41.2 Å². The first-order valence-electron chi connectivity index (χ1n) is 9.60. The summed E-state index contributed by atoms with van der Waals surface area (Å²) in [6, 6.07) is 8.39. The first kappa shape index (κ1) is 16.6. The van der Waals surface area contributed by atoms with Gasteiger partial charge < -0.3 is 18.8 Å². The highest BCUT2D eigenvalue weighted by atomic mass is 32.1. The number of hydrogen-bond acceptors (Lipinski definition) is 6.